The molecule has 1 saturated heterocycles. The largest absolute Gasteiger partial charge is 0.396 e. The lowest BCUT2D eigenvalue weighted by atomic mass is 9.71. The quantitative estimate of drug-likeness (QED) is 0.395. The number of aliphatic hydroxyl groups is 3. The van der Waals surface area contributed by atoms with E-state index >= 15 is 0 Å². The third kappa shape index (κ3) is 5.52. The lowest BCUT2D eigenvalue weighted by Crippen LogP contribution is -2.62. The molecule has 1 aliphatic heterocycles. The average molecular weight is 455 g/mol. The minimum Gasteiger partial charge on any atom is -0.396 e. The summed E-state index contributed by atoms with van der Waals surface area (Å²) in [5.41, 5.74) is -3.72. The summed E-state index contributed by atoms with van der Waals surface area (Å²) in [7, 11) is -8.06. The summed E-state index contributed by atoms with van der Waals surface area (Å²) in [5.74, 6) is -3.47. The summed E-state index contributed by atoms with van der Waals surface area (Å²) in [5, 5.41) is 32.2. The Morgan fingerprint density at radius 1 is 1.00 bits per heavy atom. The van der Waals surface area contributed by atoms with Crippen LogP contribution in [-0.2, 0) is 39.8 Å². The van der Waals surface area contributed by atoms with Gasteiger partial charge >= 0.3 is 0 Å². The van der Waals surface area contributed by atoms with Crippen LogP contribution in [0.4, 0.5) is 0 Å². The van der Waals surface area contributed by atoms with E-state index in [2.05, 4.69) is 0 Å². The maximum atomic E-state index is 11.6. The number of aliphatic hydroxyl groups excluding tert-OH is 1. The van der Waals surface area contributed by atoms with Gasteiger partial charge in [-0.25, -0.2) is 0 Å². The SMILES string of the molecule is C[C@]1(O)OC(COS(C)(=O)=O)(COS(C)(=O)=O)[C@](O)(Cc2ccccc2)[C@@H]1CO. The number of benzene rings is 1. The topological polar surface area (TPSA) is 157 Å². The van der Waals surface area contributed by atoms with Crippen LogP contribution in [0.5, 0.6) is 0 Å². The lowest BCUT2D eigenvalue weighted by molar-refractivity contribution is -0.245. The zero-order valence-corrected chi connectivity index (χ0v) is 17.9. The van der Waals surface area contributed by atoms with Gasteiger partial charge < -0.3 is 20.1 Å². The molecule has 12 heteroatoms. The van der Waals surface area contributed by atoms with Crippen LogP contribution in [0.3, 0.4) is 0 Å². The molecule has 0 bridgehead atoms. The van der Waals surface area contributed by atoms with Gasteiger partial charge in [-0.1, -0.05) is 30.3 Å². The summed E-state index contributed by atoms with van der Waals surface area (Å²) < 4.78 is 61.6. The molecular formula is C17H26O10S2. The van der Waals surface area contributed by atoms with Gasteiger partial charge in [-0.2, -0.15) is 16.8 Å². The first-order valence-corrected chi connectivity index (χ1v) is 12.3. The zero-order valence-electron chi connectivity index (χ0n) is 16.3. The van der Waals surface area contributed by atoms with Crippen molar-refractivity contribution in [1.29, 1.82) is 0 Å². The highest BCUT2D eigenvalue weighted by Crippen LogP contribution is 2.51. The molecule has 1 aromatic rings. The summed E-state index contributed by atoms with van der Waals surface area (Å²) in [6, 6.07) is 8.47. The molecule has 2 rings (SSSR count). The van der Waals surface area contributed by atoms with E-state index in [0.29, 0.717) is 5.56 Å². The van der Waals surface area contributed by atoms with Crippen LogP contribution in [0.15, 0.2) is 30.3 Å². The molecule has 0 spiro atoms. The molecule has 0 unspecified atom stereocenters. The van der Waals surface area contributed by atoms with Crippen molar-refractivity contribution in [1.82, 2.24) is 0 Å². The molecule has 29 heavy (non-hydrogen) atoms. The van der Waals surface area contributed by atoms with Crippen LogP contribution >= 0.6 is 0 Å². The molecule has 0 saturated carbocycles. The average Bonchev–Trinajstić information content (AvgIpc) is 2.73. The number of hydrogen-bond acceptors (Lipinski definition) is 10. The number of hydrogen-bond donors (Lipinski definition) is 3. The van der Waals surface area contributed by atoms with E-state index in [0.717, 1.165) is 12.5 Å². The summed E-state index contributed by atoms with van der Waals surface area (Å²) >= 11 is 0. The highest BCUT2D eigenvalue weighted by molar-refractivity contribution is 7.86. The van der Waals surface area contributed by atoms with Gasteiger partial charge in [0.25, 0.3) is 20.2 Å². The monoisotopic (exact) mass is 454 g/mol. The van der Waals surface area contributed by atoms with Gasteiger partial charge in [-0.15, -0.1) is 0 Å². The second kappa shape index (κ2) is 8.19. The fraction of sp³-hybridized carbons (Fsp3) is 0.647. The first kappa shape index (κ1) is 24.2. The van der Waals surface area contributed by atoms with Crippen molar-refractivity contribution < 1.29 is 45.3 Å². The van der Waals surface area contributed by atoms with E-state index < -0.39 is 63.0 Å². The molecule has 0 amide bonds. The summed E-state index contributed by atoms with van der Waals surface area (Å²) in [6.45, 7) is -1.27. The van der Waals surface area contributed by atoms with E-state index in [1.807, 2.05) is 0 Å². The van der Waals surface area contributed by atoms with Crippen molar-refractivity contribution in [3.63, 3.8) is 0 Å². The number of rotatable bonds is 9. The zero-order chi connectivity index (χ0) is 22.1. The summed E-state index contributed by atoms with van der Waals surface area (Å²) in [4.78, 5) is 0. The molecule has 166 valence electrons. The lowest BCUT2D eigenvalue weighted by Gasteiger charge is -2.41. The fourth-order valence-electron chi connectivity index (χ4n) is 3.58. The fourth-order valence-corrected chi connectivity index (χ4v) is 4.39. The molecule has 0 aromatic heterocycles. The van der Waals surface area contributed by atoms with Gasteiger partial charge in [0.05, 0.1) is 25.0 Å². The van der Waals surface area contributed by atoms with E-state index in [1.165, 1.54) is 6.92 Å². The van der Waals surface area contributed by atoms with Crippen molar-refractivity contribution >= 4 is 20.2 Å². The minimum atomic E-state index is -4.03. The van der Waals surface area contributed by atoms with Gasteiger partial charge in [-0.05, 0) is 12.5 Å². The van der Waals surface area contributed by atoms with Crippen molar-refractivity contribution in [2.24, 2.45) is 5.92 Å². The Hall–Kier alpha value is -1.12. The third-order valence-electron chi connectivity index (χ3n) is 4.93. The Kier molecular flexibility index (Phi) is 6.82. The second-order valence-electron chi connectivity index (χ2n) is 7.41. The van der Waals surface area contributed by atoms with E-state index in [9.17, 15) is 32.2 Å². The minimum absolute atomic E-state index is 0.213. The Morgan fingerprint density at radius 2 is 1.48 bits per heavy atom. The molecule has 1 heterocycles. The Bertz CT molecular complexity index is 875. The Labute approximate surface area is 170 Å². The van der Waals surface area contributed by atoms with Gasteiger partial charge in [0.2, 0.25) is 0 Å². The predicted molar refractivity (Wildman–Crippen MR) is 102 cm³/mol. The normalized spacial score (nSPS) is 29.8. The van der Waals surface area contributed by atoms with Crippen LogP contribution in [0.2, 0.25) is 0 Å². The van der Waals surface area contributed by atoms with Crippen molar-refractivity contribution in [3.8, 4) is 0 Å². The third-order valence-corrected chi connectivity index (χ3v) is 6.02. The standard InChI is InChI=1S/C17H26O10S2/c1-15(19)14(10-18)17(20,9-13-7-5-4-6-8-13)16(27-15,11-25-28(2,21)22)12-26-29(3,23)24/h4-8,14,18-20H,9-12H2,1-3H3/t14-,15+,17+/m1/s1. The smallest absolute Gasteiger partial charge is 0.264 e. The van der Waals surface area contributed by atoms with E-state index in [4.69, 9.17) is 13.1 Å². The Balaban J connectivity index is 2.60. The maximum Gasteiger partial charge on any atom is 0.264 e. The number of ether oxygens (including phenoxy) is 1. The molecule has 0 radical (unpaired) electrons. The van der Waals surface area contributed by atoms with Crippen LogP contribution in [0.1, 0.15) is 12.5 Å². The highest BCUT2D eigenvalue weighted by Gasteiger charge is 2.69. The first-order valence-electron chi connectivity index (χ1n) is 8.63. The molecular weight excluding hydrogens is 428 g/mol. The molecule has 1 aliphatic rings. The first-order chi connectivity index (χ1) is 13.1. The van der Waals surface area contributed by atoms with Crippen molar-refractivity contribution in [2.75, 3.05) is 32.3 Å². The van der Waals surface area contributed by atoms with Gasteiger partial charge in [0.15, 0.2) is 11.4 Å². The van der Waals surface area contributed by atoms with Crippen LogP contribution in [0.25, 0.3) is 0 Å². The highest BCUT2D eigenvalue weighted by atomic mass is 32.2. The molecule has 1 fully saturated rings. The van der Waals surface area contributed by atoms with Gasteiger partial charge in [0.1, 0.15) is 18.8 Å². The molecule has 1 aromatic carbocycles. The summed E-state index contributed by atoms with van der Waals surface area (Å²) in [6.07, 6.45) is 1.32. The molecule has 0 aliphatic carbocycles. The Morgan fingerprint density at radius 3 is 1.90 bits per heavy atom. The van der Waals surface area contributed by atoms with Gasteiger partial charge in [-0.3, -0.25) is 8.37 Å². The van der Waals surface area contributed by atoms with Crippen LogP contribution < -0.4 is 0 Å². The van der Waals surface area contributed by atoms with Gasteiger partial charge in [0, 0.05) is 6.42 Å². The maximum absolute atomic E-state index is 11.6. The molecule has 10 nitrogen and oxygen atoms in total. The van der Waals surface area contributed by atoms with E-state index in [1.54, 1.807) is 30.3 Å². The molecule has 3 N–H and O–H groups in total. The molecule has 3 atom stereocenters. The predicted octanol–water partition coefficient (Wildman–Crippen LogP) is -1.00. The van der Waals surface area contributed by atoms with Crippen molar-refractivity contribution in [3.05, 3.63) is 35.9 Å². The van der Waals surface area contributed by atoms with E-state index in [-0.39, 0.29) is 6.42 Å². The van der Waals surface area contributed by atoms with Crippen LogP contribution in [0, 0.1) is 5.92 Å². The van der Waals surface area contributed by atoms with Crippen molar-refractivity contribution in [2.45, 2.75) is 30.3 Å². The van der Waals surface area contributed by atoms with Crippen LogP contribution in [-0.4, -0.2) is 81.5 Å². The second-order valence-corrected chi connectivity index (χ2v) is 10.7.